The summed E-state index contributed by atoms with van der Waals surface area (Å²) in [5.41, 5.74) is 1.32. The lowest BCUT2D eigenvalue weighted by Crippen LogP contribution is -2.25. The molecule has 2 rings (SSSR count). The third-order valence-electron chi connectivity index (χ3n) is 3.25. The van der Waals surface area contributed by atoms with Crippen LogP contribution in [0, 0.1) is 0 Å². The Labute approximate surface area is 97.3 Å². The molecule has 0 amide bonds. The summed E-state index contributed by atoms with van der Waals surface area (Å²) in [6.45, 7) is 4.35. The van der Waals surface area contributed by atoms with Crippen molar-refractivity contribution < 1.29 is 9.84 Å². The Hall–Kier alpha value is -1.02. The largest absolute Gasteiger partial charge is 0.488 e. The highest BCUT2D eigenvalue weighted by Crippen LogP contribution is 2.25. The van der Waals surface area contributed by atoms with Crippen molar-refractivity contribution in [2.45, 2.75) is 51.2 Å². The minimum atomic E-state index is -0.287. The standard InChI is InChI=1S/C14H20O2/c1-10(2)11-6-8-12(9-7-11)16-14-5-3-4-13(14)15/h6-10,13-15H,3-5H2,1-2H3/t13-,14-/m0/s1. The number of benzene rings is 1. The lowest BCUT2D eigenvalue weighted by atomic mass is 10.0. The molecule has 2 atom stereocenters. The molecular weight excluding hydrogens is 200 g/mol. The normalized spacial score (nSPS) is 25.0. The van der Waals surface area contributed by atoms with Crippen LogP contribution in [0.4, 0.5) is 0 Å². The van der Waals surface area contributed by atoms with Gasteiger partial charge >= 0.3 is 0 Å². The van der Waals surface area contributed by atoms with E-state index in [4.69, 9.17) is 4.74 Å². The molecule has 16 heavy (non-hydrogen) atoms. The van der Waals surface area contributed by atoms with E-state index in [1.165, 1.54) is 5.56 Å². The van der Waals surface area contributed by atoms with Gasteiger partial charge in [-0.25, -0.2) is 0 Å². The molecule has 0 spiro atoms. The molecular formula is C14H20O2. The summed E-state index contributed by atoms with van der Waals surface area (Å²) in [6.07, 6.45) is 2.60. The Morgan fingerprint density at radius 3 is 2.38 bits per heavy atom. The smallest absolute Gasteiger partial charge is 0.124 e. The second-order valence-corrected chi connectivity index (χ2v) is 4.88. The van der Waals surface area contributed by atoms with Gasteiger partial charge in [0.25, 0.3) is 0 Å². The Balaban J connectivity index is 1.99. The van der Waals surface area contributed by atoms with Crippen molar-refractivity contribution >= 4 is 0 Å². The van der Waals surface area contributed by atoms with Gasteiger partial charge in [0.15, 0.2) is 0 Å². The SMILES string of the molecule is CC(C)c1ccc(O[C@H]2CCC[C@@H]2O)cc1. The summed E-state index contributed by atoms with van der Waals surface area (Å²) in [4.78, 5) is 0. The van der Waals surface area contributed by atoms with Crippen LogP contribution in [0.15, 0.2) is 24.3 Å². The van der Waals surface area contributed by atoms with Crippen molar-refractivity contribution in [2.75, 3.05) is 0 Å². The van der Waals surface area contributed by atoms with E-state index in [1.807, 2.05) is 12.1 Å². The molecule has 1 fully saturated rings. The predicted molar refractivity (Wildman–Crippen MR) is 64.8 cm³/mol. The minimum absolute atomic E-state index is 0.00935. The van der Waals surface area contributed by atoms with Crippen molar-refractivity contribution in [3.05, 3.63) is 29.8 Å². The van der Waals surface area contributed by atoms with Gasteiger partial charge < -0.3 is 9.84 Å². The van der Waals surface area contributed by atoms with E-state index in [9.17, 15) is 5.11 Å². The molecule has 0 aliphatic heterocycles. The maximum Gasteiger partial charge on any atom is 0.124 e. The Morgan fingerprint density at radius 2 is 1.88 bits per heavy atom. The topological polar surface area (TPSA) is 29.5 Å². The Kier molecular flexibility index (Phi) is 3.49. The molecule has 1 N–H and O–H groups in total. The van der Waals surface area contributed by atoms with E-state index >= 15 is 0 Å². The van der Waals surface area contributed by atoms with E-state index in [0.717, 1.165) is 25.0 Å². The first-order chi connectivity index (χ1) is 7.66. The molecule has 1 aliphatic rings. The summed E-state index contributed by atoms with van der Waals surface area (Å²) in [7, 11) is 0. The first-order valence-electron chi connectivity index (χ1n) is 6.11. The molecule has 2 nitrogen and oxygen atoms in total. The van der Waals surface area contributed by atoms with Crippen molar-refractivity contribution in [3.8, 4) is 5.75 Å². The first kappa shape index (κ1) is 11.5. The molecule has 0 radical (unpaired) electrons. The highest BCUT2D eigenvalue weighted by atomic mass is 16.5. The van der Waals surface area contributed by atoms with Crippen LogP contribution in [-0.4, -0.2) is 17.3 Å². The number of hydrogen-bond donors (Lipinski definition) is 1. The summed E-state index contributed by atoms with van der Waals surface area (Å²) in [6, 6.07) is 8.20. The third-order valence-corrected chi connectivity index (χ3v) is 3.25. The zero-order valence-corrected chi connectivity index (χ0v) is 10.0. The van der Waals surface area contributed by atoms with Gasteiger partial charge in [0.2, 0.25) is 0 Å². The van der Waals surface area contributed by atoms with Gasteiger partial charge in [0.1, 0.15) is 11.9 Å². The van der Waals surface area contributed by atoms with Gasteiger partial charge in [-0.3, -0.25) is 0 Å². The van der Waals surface area contributed by atoms with Gasteiger partial charge in [-0.2, -0.15) is 0 Å². The van der Waals surface area contributed by atoms with Crippen molar-refractivity contribution in [1.29, 1.82) is 0 Å². The molecule has 88 valence electrons. The minimum Gasteiger partial charge on any atom is -0.488 e. The number of rotatable bonds is 3. The average Bonchev–Trinajstić information content (AvgIpc) is 2.65. The monoisotopic (exact) mass is 220 g/mol. The van der Waals surface area contributed by atoms with Crippen molar-refractivity contribution in [1.82, 2.24) is 0 Å². The maximum atomic E-state index is 9.67. The van der Waals surface area contributed by atoms with Crippen LogP contribution >= 0.6 is 0 Å². The van der Waals surface area contributed by atoms with Crippen LogP contribution in [0.5, 0.6) is 5.75 Å². The molecule has 1 aromatic carbocycles. The van der Waals surface area contributed by atoms with Crippen LogP contribution in [0.25, 0.3) is 0 Å². The average molecular weight is 220 g/mol. The van der Waals surface area contributed by atoms with Gasteiger partial charge in [0.05, 0.1) is 6.10 Å². The summed E-state index contributed by atoms with van der Waals surface area (Å²) < 4.78 is 5.77. The Bertz CT molecular complexity index is 329. The second kappa shape index (κ2) is 4.88. The summed E-state index contributed by atoms with van der Waals surface area (Å²) in [5, 5.41) is 9.67. The van der Waals surface area contributed by atoms with Crippen LogP contribution in [-0.2, 0) is 0 Å². The highest BCUT2D eigenvalue weighted by Gasteiger charge is 2.26. The number of ether oxygens (including phenoxy) is 1. The lowest BCUT2D eigenvalue weighted by molar-refractivity contribution is 0.0604. The molecule has 1 aromatic rings. The first-order valence-corrected chi connectivity index (χ1v) is 6.11. The third kappa shape index (κ3) is 2.56. The second-order valence-electron chi connectivity index (χ2n) is 4.88. The van der Waals surface area contributed by atoms with E-state index in [1.54, 1.807) is 0 Å². The molecule has 0 aromatic heterocycles. The summed E-state index contributed by atoms with van der Waals surface area (Å²) >= 11 is 0. The van der Waals surface area contributed by atoms with E-state index in [0.29, 0.717) is 5.92 Å². The molecule has 0 saturated heterocycles. The van der Waals surface area contributed by atoms with Gasteiger partial charge in [-0.05, 0) is 42.9 Å². The van der Waals surface area contributed by atoms with E-state index in [2.05, 4.69) is 26.0 Å². The zero-order valence-electron chi connectivity index (χ0n) is 10.0. The van der Waals surface area contributed by atoms with Crippen molar-refractivity contribution in [2.24, 2.45) is 0 Å². The fourth-order valence-electron chi connectivity index (χ4n) is 2.15. The maximum absolute atomic E-state index is 9.67. The Morgan fingerprint density at radius 1 is 1.19 bits per heavy atom. The van der Waals surface area contributed by atoms with Crippen LogP contribution < -0.4 is 4.74 Å². The van der Waals surface area contributed by atoms with E-state index < -0.39 is 0 Å². The van der Waals surface area contributed by atoms with Gasteiger partial charge in [-0.1, -0.05) is 26.0 Å². The fraction of sp³-hybridized carbons (Fsp3) is 0.571. The lowest BCUT2D eigenvalue weighted by Gasteiger charge is -2.17. The quantitative estimate of drug-likeness (QED) is 0.848. The summed E-state index contributed by atoms with van der Waals surface area (Å²) in [5.74, 6) is 1.42. The number of aliphatic hydroxyl groups is 1. The van der Waals surface area contributed by atoms with Crippen molar-refractivity contribution in [3.63, 3.8) is 0 Å². The van der Waals surface area contributed by atoms with Crippen LogP contribution in [0.1, 0.15) is 44.6 Å². The molecule has 0 heterocycles. The van der Waals surface area contributed by atoms with Crippen LogP contribution in [0.2, 0.25) is 0 Å². The fourth-order valence-corrected chi connectivity index (χ4v) is 2.15. The predicted octanol–water partition coefficient (Wildman–Crippen LogP) is 3.10. The van der Waals surface area contributed by atoms with Gasteiger partial charge in [0, 0.05) is 0 Å². The van der Waals surface area contributed by atoms with Gasteiger partial charge in [-0.15, -0.1) is 0 Å². The molecule has 1 aliphatic carbocycles. The molecule has 2 heteroatoms. The van der Waals surface area contributed by atoms with Crippen LogP contribution in [0.3, 0.4) is 0 Å². The molecule has 0 bridgehead atoms. The zero-order chi connectivity index (χ0) is 11.5. The molecule has 1 saturated carbocycles. The number of hydrogen-bond acceptors (Lipinski definition) is 2. The van der Waals surface area contributed by atoms with E-state index in [-0.39, 0.29) is 12.2 Å². The molecule has 0 unspecified atom stereocenters. The number of aliphatic hydroxyl groups excluding tert-OH is 1. The highest BCUT2D eigenvalue weighted by molar-refractivity contribution is 5.29.